The minimum Gasteiger partial charge on any atom is -0.271 e. The summed E-state index contributed by atoms with van der Waals surface area (Å²) in [6.07, 6.45) is 2.95. The number of alkyl halides is 2. The fourth-order valence-electron chi connectivity index (χ4n) is 3.82. The van der Waals surface area contributed by atoms with Crippen molar-refractivity contribution in [3.05, 3.63) is 0 Å². The first kappa shape index (κ1) is 14.3. The van der Waals surface area contributed by atoms with Crippen LogP contribution in [0.15, 0.2) is 4.99 Å². The van der Waals surface area contributed by atoms with Crippen molar-refractivity contribution in [3.63, 3.8) is 0 Å². The van der Waals surface area contributed by atoms with E-state index in [0.29, 0.717) is 19.3 Å². The Morgan fingerprint density at radius 3 is 2.11 bits per heavy atom. The monoisotopic (exact) mass is 271 g/mol. The maximum atomic E-state index is 14.5. The van der Waals surface area contributed by atoms with Crippen molar-refractivity contribution in [1.82, 2.24) is 0 Å². The van der Waals surface area contributed by atoms with E-state index in [9.17, 15) is 18.4 Å². The van der Waals surface area contributed by atoms with Crippen LogP contribution in [0.2, 0.25) is 0 Å². The van der Waals surface area contributed by atoms with Crippen LogP contribution in [0, 0.1) is 11.3 Å². The van der Waals surface area contributed by atoms with E-state index in [1.165, 1.54) is 0 Å². The second-order valence-electron chi connectivity index (χ2n) is 5.64. The predicted molar refractivity (Wildman–Crippen MR) is 65.8 cm³/mol. The maximum Gasteiger partial charge on any atom is 0.268 e. The number of hydrogen-bond donors (Lipinski definition) is 0. The smallest absolute Gasteiger partial charge is 0.268 e. The SMILES string of the molecule is O=C=NC(=O)C1(C2CCCCC2)C(F)CCCC1F. The number of halogens is 2. The molecule has 3 nitrogen and oxygen atoms in total. The van der Waals surface area contributed by atoms with Crippen molar-refractivity contribution in [1.29, 1.82) is 0 Å². The molecule has 2 atom stereocenters. The normalized spacial score (nSPS) is 36.5. The third-order valence-electron chi connectivity index (χ3n) is 4.75. The lowest BCUT2D eigenvalue weighted by atomic mass is 9.59. The number of amides is 1. The second-order valence-corrected chi connectivity index (χ2v) is 5.64. The molecule has 0 bridgehead atoms. The molecule has 0 saturated heterocycles. The third kappa shape index (κ3) is 2.36. The Labute approximate surface area is 111 Å². The van der Waals surface area contributed by atoms with Gasteiger partial charge in [-0.15, -0.1) is 4.99 Å². The molecule has 2 rings (SSSR count). The number of isocyanates is 1. The Kier molecular flexibility index (Phi) is 4.46. The fraction of sp³-hybridized carbons (Fsp3) is 0.857. The number of hydrogen-bond acceptors (Lipinski definition) is 2. The molecule has 2 aliphatic carbocycles. The van der Waals surface area contributed by atoms with E-state index in [4.69, 9.17) is 0 Å². The number of rotatable bonds is 2. The van der Waals surface area contributed by atoms with Gasteiger partial charge in [-0.25, -0.2) is 13.6 Å². The lowest BCUT2D eigenvalue weighted by Gasteiger charge is -2.46. The molecule has 2 saturated carbocycles. The second kappa shape index (κ2) is 5.91. The summed E-state index contributed by atoms with van der Waals surface area (Å²) in [7, 11) is 0. The molecule has 0 spiro atoms. The van der Waals surface area contributed by atoms with Gasteiger partial charge in [0.2, 0.25) is 6.08 Å². The molecule has 0 radical (unpaired) electrons. The summed E-state index contributed by atoms with van der Waals surface area (Å²) in [5.74, 6) is -1.27. The molecule has 0 N–H and O–H groups in total. The summed E-state index contributed by atoms with van der Waals surface area (Å²) in [4.78, 5) is 25.5. The minimum absolute atomic E-state index is 0.178. The highest BCUT2D eigenvalue weighted by molar-refractivity contribution is 5.88. The van der Waals surface area contributed by atoms with Gasteiger partial charge in [0.25, 0.3) is 5.91 Å². The molecule has 2 unspecified atom stereocenters. The molecule has 2 aliphatic rings. The Morgan fingerprint density at radius 1 is 1.00 bits per heavy atom. The lowest BCUT2D eigenvalue weighted by Crippen LogP contribution is -2.55. The third-order valence-corrected chi connectivity index (χ3v) is 4.75. The molecule has 5 heteroatoms. The van der Waals surface area contributed by atoms with Crippen molar-refractivity contribution in [2.24, 2.45) is 16.3 Å². The van der Waals surface area contributed by atoms with Crippen LogP contribution in [-0.4, -0.2) is 24.3 Å². The lowest BCUT2D eigenvalue weighted by molar-refractivity contribution is -0.150. The van der Waals surface area contributed by atoms with Crippen LogP contribution in [0.5, 0.6) is 0 Å². The Morgan fingerprint density at radius 2 is 1.58 bits per heavy atom. The summed E-state index contributed by atoms with van der Waals surface area (Å²) in [5.41, 5.74) is -1.73. The molecule has 0 aromatic heterocycles. The number of aliphatic imine (C=N–C) groups is 1. The largest absolute Gasteiger partial charge is 0.271 e. The quantitative estimate of drug-likeness (QED) is 0.571. The van der Waals surface area contributed by atoms with Gasteiger partial charge in [-0.1, -0.05) is 19.3 Å². The molecule has 1 amide bonds. The van der Waals surface area contributed by atoms with Crippen LogP contribution >= 0.6 is 0 Å². The first-order valence-electron chi connectivity index (χ1n) is 7.04. The van der Waals surface area contributed by atoms with Gasteiger partial charge < -0.3 is 0 Å². The van der Waals surface area contributed by atoms with E-state index < -0.39 is 23.7 Å². The first-order valence-corrected chi connectivity index (χ1v) is 7.04. The van der Waals surface area contributed by atoms with Crippen LogP contribution < -0.4 is 0 Å². The molecule has 19 heavy (non-hydrogen) atoms. The van der Waals surface area contributed by atoms with E-state index in [2.05, 4.69) is 4.99 Å². The zero-order valence-corrected chi connectivity index (χ0v) is 10.9. The van der Waals surface area contributed by atoms with Crippen molar-refractivity contribution >= 4 is 12.0 Å². The van der Waals surface area contributed by atoms with Gasteiger partial charge >= 0.3 is 0 Å². The van der Waals surface area contributed by atoms with Gasteiger partial charge in [0.05, 0.1) is 0 Å². The Balaban J connectivity index is 2.40. The molecule has 0 aliphatic heterocycles. The molecule has 0 aromatic rings. The predicted octanol–water partition coefficient (Wildman–Crippen LogP) is 3.28. The van der Waals surface area contributed by atoms with Gasteiger partial charge in [-0.2, -0.15) is 0 Å². The van der Waals surface area contributed by atoms with Crippen molar-refractivity contribution in [3.8, 4) is 0 Å². The van der Waals surface area contributed by atoms with Gasteiger partial charge in [0, 0.05) is 0 Å². The van der Waals surface area contributed by atoms with E-state index in [0.717, 1.165) is 25.3 Å². The van der Waals surface area contributed by atoms with E-state index >= 15 is 0 Å². The summed E-state index contributed by atoms with van der Waals surface area (Å²) in [5, 5.41) is 0. The average molecular weight is 271 g/mol. The maximum absolute atomic E-state index is 14.5. The van der Waals surface area contributed by atoms with Crippen LogP contribution in [0.1, 0.15) is 51.4 Å². The summed E-state index contributed by atoms with van der Waals surface area (Å²) >= 11 is 0. The highest BCUT2D eigenvalue weighted by atomic mass is 19.1. The highest BCUT2D eigenvalue weighted by Crippen LogP contribution is 2.51. The number of carbonyl (C=O) groups is 1. The summed E-state index contributed by atoms with van der Waals surface area (Å²) in [6.45, 7) is 0. The molecule has 0 aromatic carbocycles. The molecule has 2 fully saturated rings. The van der Waals surface area contributed by atoms with Crippen LogP contribution in [0.3, 0.4) is 0 Å². The average Bonchev–Trinajstić information content (AvgIpc) is 2.40. The molecule has 106 valence electrons. The highest BCUT2D eigenvalue weighted by Gasteiger charge is 2.59. The van der Waals surface area contributed by atoms with Gasteiger partial charge in [0.1, 0.15) is 17.8 Å². The zero-order valence-electron chi connectivity index (χ0n) is 10.9. The fourth-order valence-corrected chi connectivity index (χ4v) is 3.82. The minimum atomic E-state index is -1.73. The zero-order chi connectivity index (χ0) is 13.9. The van der Waals surface area contributed by atoms with Gasteiger partial charge in [-0.3, -0.25) is 4.79 Å². The standard InChI is InChI=1S/C14H19F2NO2/c15-11-7-4-8-12(16)14(11,13(19)17-9-18)10-5-2-1-3-6-10/h10-12H,1-8H2. The van der Waals surface area contributed by atoms with Gasteiger partial charge in [-0.05, 0) is 38.0 Å². The Bertz CT molecular complexity index is 377. The molecule has 0 heterocycles. The summed E-state index contributed by atoms with van der Waals surface area (Å²) in [6, 6.07) is 0. The van der Waals surface area contributed by atoms with Crippen molar-refractivity contribution in [2.45, 2.75) is 63.7 Å². The number of nitrogens with zero attached hydrogens (tertiary/aromatic N) is 1. The van der Waals surface area contributed by atoms with Crippen LogP contribution in [0.4, 0.5) is 8.78 Å². The van der Waals surface area contributed by atoms with E-state index in [1.54, 1.807) is 0 Å². The molecular formula is C14H19F2NO2. The first-order chi connectivity index (χ1) is 9.14. The summed E-state index contributed by atoms with van der Waals surface area (Å²) < 4.78 is 28.9. The molecular weight excluding hydrogens is 252 g/mol. The number of carbonyl (C=O) groups excluding carboxylic acids is 2. The topological polar surface area (TPSA) is 46.5 Å². The van der Waals surface area contributed by atoms with Crippen molar-refractivity contribution in [2.75, 3.05) is 0 Å². The van der Waals surface area contributed by atoms with Gasteiger partial charge in [0.15, 0.2) is 0 Å². The van der Waals surface area contributed by atoms with E-state index in [-0.39, 0.29) is 18.8 Å². The van der Waals surface area contributed by atoms with E-state index in [1.807, 2.05) is 0 Å². The van der Waals surface area contributed by atoms with Crippen molar-refractivity contribution < 1.29 is 18.4 Å². The Hall–Kier alpha value is -1.09. The van der Waals surface area contributed by atoms with Crippen LogP contribution in [0.25, 0.3) is 0 Å². The van der Waals surface area contributed by atoms with Crippen LogP contribution in [-0.2, 0) is 9.59 Å².